The van der Waals surface area contributed by atoms with E-state index in [1.54, 1.807) is 4.68 Å². The number of hydrogen-bond donors (Lipinski definition) is 0. The van der Waals surface area contributed by atoms with Crippen LogP contribution in [0.3, 0.4) is 0 Å². The second kappa shape index (κ2) is 6.91. The maximum Gasteiger partial charge on any atom is 0.214 e. The minimum Gasteiger partial charge on any atom is -0.492 e. The Balaban J connectivity index is 1.87. The number of carbonyl (C=O) groups excluding carboxylic acids is 1. The molecule has 1 saturated carbocycles. The van der Waals surface area contributed by atoms with E-state index in [9.17, 15) is 4.79 Å². The van der Waals surface area contributed by atoms with Gasteiger partial charge >= 0.3 is 0 Å². The Morgan fingerprint density at radius 2 is 2.23 bits per heavy atom. The zero-order chi connectivity index (χ0) is 15.4. The SMILES string of the molecule is CCOc1ccccc1-n1nnnc1S[C@@H]1CCCCC1=O. The number of tetrazole rings is 1. The molecule has 0 bridgehead atoms. The van der Waals surface area contributed by atoms with Crippen LogP contribution in [0.5, 0.6) is 5.75 Å². The average Bonchev–Trinajstić information content (AvgIpc) is 2.98. The Kier molecular flexibility index (Phi) is 4.72. The predicted octanol–water partition coefficient (Wildman–Crippen LogP) is 2.66. The molecule has 1 aromatic heterocycles. The van der Waals surface area contributed by atoms with Gasteiger partial charge in [0.05, 0.1) is 11.9 Å². The van der Waals surface area contributed by atoms with Crippen molar-refractivity contribution in [3.05, 3.63) is 24.3 Å². The van der Waals surface area contributed by atoms with E-state index in [1.165, 1.54) is 11.8 Å². The third kappa shape index (κ3) is 3.14. The summed E-state index contributed by atoms with van der Waals surface area (Å²) < 4.78 is 7.28. The molecule has 1 atom stereocenters. The maximum atomic E-state index is 12.0. The maximum absolute atomic E-state index is 12.0. The first-order valence-corrected chi connectivity index (χ1v) is 8.37. The van der Waals surface area contributed by atoms with Crippen LogP contribution in [0, 0.1) is 0 Å². The van der Waals surface area contributed by atoms with Gasteiger partial charge in [-0.1, -0.05) is 30.3 Å². The van der Waals surface area contributed by atoms with Gasteiger partial charge < -0.3 is 4.74 Å². The van der Waals surface area contributed by atoms with Crippen LogP contribution in [0.15, 0.2) is 29.4 Å². The number of para-hydroxylation sites is 2. The minimum atomic E-state index is -0.0437. The third-order valence-corrected chi connectivity index (χ3v) is 4.83. The highest BCUT2D eigenvalue weighted by molar-refractivity contribution is 8.00. The van der Waals surface area contributed by atoms with Gasteiger partial charge in [0.1, 0.15) is 17.2 Å². The van der Waals surface area contributed by atoms with Gasteiger partial charge in [-0.2, -0.15) is 4.68 Å². The zero-order valence-electron chi connectivity index (χ0n) is 12.4. The van der Waals surface area contributed by atoms with Gasteiger partial charge in [0, 0.05) is 6.42 Å². The fraction of sp³-hybridized carbons (Fsp3) is 0.467. The van der Waals surface area contributed by atoms with E-state index >= 15 is 0 Å². The second-order valence-corrected chi connectivity index (χ2v) is 6.26. The van der Waals surface area contributed by atoms with E-state index in [1.807, 2.05) is 31.2 Å². The molecular formula is C15H18N4O2S. The number of ether oxygens (including phenoxy) is 1. The molecule has 1 fully saturated rings. The molecule has 6 nitrogen and oxygen atoms in total. The van der Waals surface area contributed by atoms with Gasteiger partial charge in [-0.3, -0.25) is 4.79 Å². The van der Waals surface area contributed by atoms with Gasteiger partial charge in [0.2, 0.25) is 5.16 Å². The van der Waals surface area contributed by atoms with Crippen molar-refractivity contribution in [3.63, 3.8) is 0 Å². The van der Waals surface area contributed by atoms with Crippen LogP contribution >= 0.6 is 11.8 Å². The van der Waals surface area contributed by atoms with E-state index in [4.69, 9.17) is 4.74 Å². The highest BCUT2D eigenvalue weighted by Crippen LogP contribution is 2.32. The molecule has 3 rings (SSSR count). The molecule has 1 heterocycles. The number of thioether (sulfide) groups is 1. The highest BCUT2D eigenvalue weighted by atomic mass is 32.2. The summed E-state index contributed by atoms with van der Waals surface area (Å²) >= 11 is 1.45. The topological polar surface area (TPSA) is 69.9 Å². The fourth-order valence-corrected chi connectivity index (χ4v) is 3.62. The standard InChI is InChI=1S/C15H18N4O2S/c1-2-21-13-9-5-3-7-11(13)19-15(16-17-18-19)22-14-10-6-4-8-12(14)20/h3,5,7,9,14H,2,4,6,8,10H2,1H3/t14-/m1/s1. The van der Waals surface area contributed by atoms with E-state index in [-0.39, 0.29) is 5.25 Å². The molecule has 0 amide bonds. The van der Waals surface area contributed by atoms with Gasteiger partial charge in [-0.15, -0.1) is 5.10 Å². The zero-order valence-corrected chi connectivity index (χ0v) is 13.3. The summed E-state index contributed by atoms with van der Waals surface area (Å²) in [6, 6.07) is 7.63. The monoisotopic (exact) mass is 318 g/mol. The van der Waals surface area contributed by atoms with Crippen molar-refractivity contribution in [1.82, 2.24) is 20.2 Å². The van der Waals surface area contributed by atoms with Crippen LogP contribution in [0.1, 0.15) is 32.6 Å². The lowest BCUT2D eigenvalue weighted by Crippen LogP contribution is -2.21. The lowest BCUT2D eigenvalue weighted by molar-refractivity contribution is -0.119. The number of aromatic nitrogens is 4. The fourth-order valence-electron chi connectivity index (χ4n) is 2.52. The Morgan fingerprint density at radius 3 is 3.05 bits per heavy atom. The summed E-state index contributed by atoms with van der Waals surface area (Å²) in [6.07, 6.45) is 3.63. The van der Waals surface area contributed by atoms with E-state index in [2.05, 4.69) is 15.5 Å². The molecule has 1 aromatic carbocycles. The molecule has 22 heavy (non-hydrogen) atoms. The number of nitrogens with zero attached hydrogens (tertiary/aromatic N) is 4. The first-order chi connectivity index (χ1) is 10.8. The Bertz CT molecular complexity index is 658. The lowest BCUT2D eigenvalue weighted by Gasteiger charge is -2.19. The van der Waals surface area contributed by atoms with Crippen molar-refractivity contribution in [1.29, 1.82) is 0 Å². The molecule has 0 N–H and O–H groups in total. The summed E-state index contributed by atoms with van der Waals surface area (Å²) in [5.74, 6) is 1.03. The number of benzene rings is 1. The Hall–Kier alpha value is -1.89. The summed E-state index contributed by atoms with van der Waals surface area (Å²) in [4.78, 5) is 12.0. The molecule has 0 radical (unpaired) electrons. The van der Waals surface area contributed by atoms with Gasteiger partial charge in [-0.05, 0) is 42.3 Å². The van der Waals surface area contributed by atoms with Crippen LogP contribution in [-0.2, 0) is 4.79 Å². The third-order valence-electron chi connectivity index (χ3n) is 3.58. The van der Waals surface area contributed by atoms with Crippen molar-refractivity contribution < 1.29 is 9.53 Å². The molecule has 7 heteroatoms. The molecule has 0 spiro atoms. The largest absolute Gasteiger partial charge is 0.492 e. The minimum absolute atomic E-state index is 0.0437. The lowest BCUT2D eigenvalue weighted by atomic mass is 9.99. The van der Waals surface area contributed by atoms with Crippen molar-refractivity contribution in [2.45, 2.75) is 43.0 Å². The average molecular weight is 318 g/mol. The van der Waals surface area contributed by atoms with E-state index < -0.39 is 0 Å². The van der Waals surface area contributed by atoms with Crippen LogP contribution < -0.4 is 4.74 Å². The number of hydrogen-bond acceptors (Lipinski definition) is 6. The van der Waals surface area contributed by atoms with Crippen molar-refractivity contribution >= 4 is 17.5 Å². The molecule has 1 aliphatic rings. The second-order valence-electron chi connectivity index (χ2n) is 5.09. The Morgan fingerprint density at radius 1 is 1.36 bits per heavy atom. The quantitative estimate of drug-likeness (QED) is 0.844. The number of Topliss-reactive ketones (excluding diaryl/α,β-unsaturated/α-hetero) is 1. The van der Waals surface area contributed by atoms with Crippen molar-refractivity contribution in [2.24, 2.45) is 0 Å². The molecule has 1 aliphatic carbocycles. The molecular weight excluding hydrogens is 300 g/mol. The molecule has 0 aliphatic heterocycles. The summed E-state index contributed by atoms with van der Waals surface area (Å²) in [7, 11) is 0. The van der Waals surface area contributed by atoms with Crippen LogP contribution in [0.2, 0.25) is 0 Å². The summed E-state index contributed by atoms with van der Waals surface area (Å²) in [5.41, 5.74) is 0.792. The smallest absolute Gasteiger partial charge is 0.214 e. The predicted molar refractivity (Wildman–Crippen MR) is 83.4 cm³/mol. The molecule has 0 unspecified atom stereocenters. The van der Waals surface area contributed by atoms with E-state index in [0.717, 1.165) is 30.7 Å². The normalized spacial score (nSPS) is 18.4. The van der Waals surface area contributed by atoms with Crippen LogP contribution in [0.4, 0.5) is 0 Å². The van der Waals surface area contributed by atoms with E-state index in [0.29, 0.717) is 24.0 Å². The first kappa shape index (κ1) is 15.0. The summed E-state index contributed by atoms with van der Waals surface area (Å²) in [6.45, 7) is 2.51. The van der Waals surface area contributed by atoms with Crippen LogP contribution in [0.25, 0.3) is 5.69 Å². The molecule has 0 saturated heterocycles. The van der Waals surface area contributed by atoms with Crippen molar-refractivity contribution in [2.75, 3.05) is 6.61 Å². The van der Waals surface area contributed by atoms with Gasteiger partial charge in [0.25, 0.3) is 0 Å². The number of carbonyl (C=O) groups is 1. The molecule has 116 valence electrons. The van der Waals surface area contributed by atoms with Crippen LogP contribution in [-0.4, -0.2) is 37.8 Å². The van der Waals surface area contributed by atoms with Crippen molar-refractivity contribution in [3.8, 4) is 11.4 Å². The Labute approximate surface area is 133 Å². The number of rotatable bonds is 5. The first-order valence-electron chi connectivity index (χ1n) is 7.49. The number of ketones is 1. The van der Waals surface area contributed by atoms with Gasteiger partial charge in [0.15, 0.2) is 0 Å². The highest BCUT2D eigenvalue weighted by Gasteiger charge is 2.26. The molecule has 2 aromatic rings. The van der Waals surface area contributed by atoms with Gasteiger partial charge in [-0.25, -0.2) is 0 Å². The summed E-state index contributed by atoms with van der Waals surface area (Å²) in [5, 5.41) is 12.5.